The summed E-state index contributed by atoms with van der Waals surface area (Å²) in [5.41, 5.74) is 0.253. The van der Waals surface area contributed by atoms with E-state index in [9.17, 15) is 4.79 Å². The Hall–Kier alpha value is -3.09. The van der Waals surface area contributed by atoms with Gasteiger partial charge in [-0.25, -0.2) is 0 Å². The lowest BCUT2D eigenvalue weighted by atomic mass is 10.3. The van der Waals surface area contributed by atoms with Crippen LogP contribution in [-0.4, -0.2) is 42.9 Å². The van der Waals surface area contributed by atoms with Gasteiger partial charge in [-0.05, 0) is 36.4 Å². The molecule has 7 heteroatoms. The van der Waals surface area contributed by atoms with Gasteiger partial charge < -0.3 is 20.1 Å². The number of rotatable bonds is 9. The molecule has 2 N–H and O–H groups in total. The second-order valence-corrected chi connectivity index (χ2v) is 4.75. The van der Waals surface area contributed by atoms with Gasteiger partial charge in [0, 0.05) is 6.54 Å². The van der Waals surface area contributed by atoms with Crippen LogP contribution in [0.25, 0.3) is 0 Å². The topological polar surface area (TPSA) is 85.4 Å². The number of hydrogen-bond donors (Lipinski definition) is 2. The van der Waals surface area contributed by atoms with Crippen LogP contribution < -0.4 is 20.1 Å². The van der Waals surface area contributed by atoms with Gasteiger partial charge in [0.25, 0.3) is 5.91 Å². The molecular weight excluding hydrogens is 308 g/mol. The summed E-state index contributed by atoms with van der Waals surface area (Å²) < 4.78 is 10.6. The van der Waals surface area contributed by atoms with Crippen LogP contribution in [0.3, 0.4) is 0 Å². The number of nitrogens with one attached hydrogen (secondary N) is 2. The van der Waals surface area contributed by atoms with Crippen molar-refractivity contribution in [2.75, 3.05) is 32.1 Å². The van der Waals surface area contributed by atoms with Crippen molar-refractivity contribution in [3.63, 3.8) is 0 Å². The number of nitrogens with zero attached hydrogens (tertiary/aromatic N) is 2. The predicted octanol–water partition coefficient (Wildman–Crippen LogP) is 1.89. The maximum absolute atomic E-state index is 11.9. The third kappa shape index (κ3) is 5.28. The summed E-state index contributed by atoms with van der Waals surface area (Å²) >= 11 is 0. The van der Waals surface area contributed by atoms with E-state index in [0.717, 1.165) is 5.75 Å². The first-order chi connectivity index (χ1) is 11.7. The first-order valence-corrected chi connectivity index (χ1v) is 7.46. The van der Waals surface area contributed by atoms with Gasteiger partial charge >= 0.3 is 0 Å². The normalized spacial score (nSPS) is 9.88. The van der Waals surface area contributed by atoms with Crippen LogP contribution >= 0.6 is 0 Å². The number of amides is 1. The van der Waals surface area contributed by atoms with Crippen molar-refractivity contribution in [2.24, 2.45) is 0 Å². The molecule has 126 valence electrons. The number of anilines is 1. The molecule has 0 atom stereocenters. The zero-order valence-electron chi connectivity index (χ0n) is 13.5. The largest absolute Gasteiger partial charge is 0.497 e. The quantitative estimate of drug-likeness (QED) is 0.540. The standard InChI is InChI=1S/C17H20N4O3/c1-3-10-18-16-9-8-15(20-21-16)17(22)19-11-12-24-14-6-4-13(23-2)5-7-14/h3-9H,1,10-12H2,2H3,(H,18,21)(H,19,22). The number of benzene rings is 1. The van der Waals surface area contributed by atoms with Crippen molar-refractivity contribution in [1.82, 2.24) is 15.5 Å². The minimum atomic E-state index is -0.295. The van der Waals surface area contributed by atoms with Gasteiger partial charge in [0.1, 0.15) is 23.9 Å². The van der Waals surface area contributed by atoms with E-state index in [4.69, 9.17) is 9.47 Å². The van der Waals surface area contributed by atoms with E-state index in [1.165, 1.54) is 0 Å². The van der Waals surface area contributed by atoms with E-state index in [2.05, 4.69) is 27.4 Å². The average molecular weight is 328 g/mol. The van der Waals surface area contributed by atoms with Crippen LogP contribution in [0.2, 0.25) is 0 Å². The molecule has 0 radical (unpaired) electrons. The molecule has 0 spiro atoms. The summed E-state index contributed by atoms with van der Waals surface area (Å²) in [5, 5.41) is 13.5. The van der Waals surface area contributed by atoms with Gasteiger partial charge in [-0.15, -0.1) is 16.8 Å². The number of hydrogen-bond acceptors (Lipinski definition) is 6. The molecule has 7 nitrogen and oxygen atoms in total. The SMILES string of the molecule is C=CCNc1ccc(C(=O)NCCOc2ccc(OC)cc2)nn1. The molecule has 0 saturated carbocycles. The lowest BCUT2D eigenvalue weighted by Crippen LogP contribution is -2.29. The number of carbonyl (C=O) groups is 1. The highest BCUT2D eigenvalue weighted by atomic mass is 16.5. The van der Waals surface area contributed by atoms with Crippen molar-refractivity contribution in [3.05, 3.63) is 54.7 Å². The second-order valence-electron chi connectivity index (χ2n) is 4.75. The Morgan fingerprint density at radius 2 is 1.92 bits per heavy atom. The first-order valence-electron chi connectivity index (χ1n) is 7.46. The van der Waals surface area contributed by atoms with E-state index < -0.39 is 0 Å². The fraction of sp³-hybridized carbons (Fsp3) is 0.235. The zero-order valence-corrected chi connectivity index (χ0v) is 13.5. The van der Waals surface area contributed by atoms with Gasteiger partial charge in [0.15, 0.2) is 5.69 Å². The van der Waals surface area contributed by atoms with Crippen LogP contribution in [0.15, 0.2) is 49.1 Å². The van der Waals surface area contributed by atoms with E-state index in [1.807, 2.05) is 12.1 Å². The summed E-state index contributed by atoms with van der Waals surface area (Å²) in [6.07, 6.45) is 1.71. The highest BCUT2D eigenvalue weighted by Crippen LogP contribution is 2.16. The number of ether oxygens (including phenoxy) is 2. The molecule has 1 aromatic heterocycles. The highest BCUT2D eigenvalue weighted by molar-refractivity contribution is 5.92. The van der Waals surface area contributed by atoms with Crippen LogP contribution in [0.4, 0.5) is 5.82 Å². The first kappa shape index (κ1) is 17.3. The molecule has 1 amide bonds. The molecule has 0 unspecified atom stereocenters. The fourth-order valence-electron chi connectivity index (χ4n) is 1.82. The molecule has 0 bridgehead atoms. The molecule has 2 aromatic rings. The van der Waals surface area contributed by atoms with Crippen molar-refractivity contribution >= 4 is 11.7 Å². The van der Waals surface area contributed by atoms with Crippen molar-refractivity contribution < 1.29 is 14.3 Å². The summed E-state index contributed by atoms with van der Waals surface area (Å²) in [5.74, 6) is 1.77. The maximum Gasteiger partial charge on any atom is 0.271 e. The fourth-order valence-corrected chi connectivity index (χ4v) is 1.82. The minimum absolute atomic E-state index is 0.253. The Balaban J connectivity index is 1.73. The van der Waals surface area contributed by atoms with Crippen molar-refractivity contribution in [3.8, 4) is 11.5 Å². The summed E-state index contributed by atoms with van der Waals surface area (Å²) in [4.78, 5) is 11.9. The van der Waals surface area contributed by atoms with E-state index in [1.54, 1.807) is 37.5 Å². The van der Waals surface area contributed by atoms with E-state index in [-0.39, 0.29) is 11.6 Å². The van der Waals surface area contributed by atoms with Crippen LogP contribution in [0.1, 0.15) is 10.5 Å². The van der Waals surface area contributed by atoms with Gasteiger partial charge in [-0.1, -0.05) is 6.08 Å². The number of aromatic nitrogens is 2. The minimum Gasteiger partial charge on any atom is -0.497 e. The second kappa shape index (κ2) is 9.14. The van der Waals surface area contributed by atoms with Gasteiger partial charge in [0.2, 0.25) is 0 Å². The van der Waals surface area contributed by atoms with Gasteiger partial charge in [0.05, 0.1) is 13.7 Å². The molecular formula is C17H20N4O3. The molecule has 0 aliphatic rings. The Bertz CT molecular complexity index is 657. The molecule has 2 rings (SSSR count). The van der Waals surface area contributed by atoms with Gasteiger partial charge in [-0.2, -0.15) is 0 Å². The summed E-state index contributed by atoms with van der Waals surface area (Å²) in [6.45, 7) is 4.90. The molecule has 0 aliphatic carbocycles. The lowest BCUT2D eigenvalue weighted by Gasteiger charge is -2.08. The third-order valence-corrected chi connectivity index (χ3v) is 3.04. The molecule has 24 heavy (non-hydrogen) atoms. The Labute approximate surface area is 140 Å². The summed E-state index contributed by atoms with van der Waals surface area (Å²) in [6, 6.07) is 10.5. The molecule has 0 fully saturated rings. The number of carbonyl (C=O) groups excluding carboxylic acids is 1. The Kier molecular flexibility index (Phi) is 6.58. The summed E-state index contributed by atoms with van der Waals surface area (Å²) in [7, 11) is 1.61. The highest BCUT2D eigenvalue weighted by Gasteiger charge is 2.07. The monoisotopic (exact) mass is 328 g/mol. The molecule has 1 heterocycles. The van der Waals surface area contributed by atoms with Crippen LogP contribution in [0.5, 0.6) is 11.5 Å². The van der Waals surface area contributed by atoms with Gasteiger partial charge in [-0.3, -0.25) is 4.79 Å². The average Bonchev–Trinajstić information content (AvgIpc) is 2.64. The lowest BCUT2D eigenvalue weighted by molar-refractivity contribution is 0.0941. The van der Waals surface area contributed by atoms with Crippen LogP contribution in [0, 0.1) is 0 Å². The van der Waals surface area contributed by atoms with E-state index >= 15 is 0 Å². The maximum atomic E-state index is 11.9. The van der Waals surface area contributed by atoms with Crippen molar-refractivity contribution in [2.45, 2.75) is 0 Å². The third-order valence-electron chi connectivity index (χ3n) is 3.04. The zero-order chi connectivity index (χ0) is 17.2. The molecule has 0 saturated heterocycles. The molecule has 0 aliphatic heterocycles. The predicted molar refractivity (Wildman–Crippen MR) is 91.5 cm³/mol. The Morgan fingerprint density at radius 3 is 2.54 bits per heavy atom. The van der Waals surface area contributed by atoms with Crippen molar-refractivity contribution in [1.29, 1.82) is 0 Å². The Morgan fingerprint density at radius 1 is 1.17 bits per heavy atom. The number of methoxy groups -OCH3 is 1. The molecule has 1 aromatic carbocycles. The van der Waals surface area contributed by atoms with E-state index in [0.29, 0.717) is 31.3 Å². The smallest absolute Gasteiger partial charge is 0.271 e. The van der Waals surface area contributed by atoms with Crippen LogP contribution in [-0.2, 0) is 0 Å².